The van der Waals surface area contributed by atoms with Gasteiger partial charge >= 0.3 is 11.9 Å². The van der Waals surface area contributed by atoms with Gasteiger partial charge in [0.05, 0.1) is 18.9 Å². The molecule has 2 fully saturated rings. The normalized spacial score (nSPS) is 39.8. The molecule has 14 heavy (non-hydrogen) atoms. The topological polar surface area (TPSA) is 63.6 Å². The number of esters is 1. The Morgan fingerprint density at radius 2 is 1.79 bits per heavy atom. The van der Waals surface area contributed by atoms with Crippen LogP contribution >= 0.6 is 0 Å². The fraction of sp³-hybridized carbons (Fsp3) is 0.800. The van der Waals surface area contributed by atoms with E-state index in [9.17, 15) is 9.59 Å². The Morgan fingerprint density at radius 1 is 1.21 bits per heavy atom. The van der Waals surface area contributed by atoms with Crippen molar-refractivity contribution in [2.75, 3.05) is 7.11 Å². The first kappa shape index (κ1) is 9.49. The Bertz CT molecular complexity index is 273. The first-order valence-electron chi connectivity index (χ1n) is 4.95. The van der Waals surface area contributed by atoms with Crippen molar-refractivity contribution >= 4 is 11.9 Å². The standard InChI is InChI=1S/C10H14O4/c1-14-10(13)8-6-3-2-5(4-6)7(8)9(11)12/h5-8H,2-4H2,1H3,(H,11,12)/t5-,6+,7?,8?/m1/s1. The molecule has 2 aliphatic rings. The number of carboxylic acids is 1. The number of rotatable bonds is 2. The molecular weight excluding hydrogens is 184 g/mol. The van der Waals surface area contributed by atoms with E-state index in [-0.39, 0.29) is 17.8 Å². The predicted octanol–water partition coefficient (Wildman–Crippen LogP) is 0.906. The Balaban J connectivity index is 2.21. The highest BCUT2D eigenvalue weighted by atomic mass is 16.5. The van der Waals surface area contributed by atoms with Crippen LogP contribution in [0.4, 0.5) is 0 Å². The number of carboxylic acid groups (broad SMARTS) is 1. The number of fused-ring (bicyclic) bond motifs is 2. The van der Waals surface area contributed by atoms with Crippen molar-refractivity contribution in [3.05, 3.63) is 0 Å². The van der Waals surface area contributed by atoms with Crippen molar-refractivity contribution in [1.29, 1.82) is 0 Å². The van der Waals surface area contributed by atoms with E-state index < -0.39 is 17.8 Å². The summed E-state index contributed by atoms with van der Waals surface area (Å²) >= 11 is 0. The molecule has 0 aromatic heterocycles. The van der Waals surface area contributed by atoms with Gasteiger partial charge in [0, 0.05) is 0 Å². The maximum absolute atomic E-state index is 11.4. The lowest BCUT2D eigenvalue weighted by Crippen LogP contribution is -2.35. The van der Waals surface area contributed by atoms with E-state index in [0.717, 1.165) is 19.3 Å². The molecule has 0 radical (unpaired) electrons. The summed E-state index contributed by atoms with van der Waals surface area (Å²) in [6.45, 7) is 0. The number of carbonyl (C=O) groups excluding carboxylic acids is 1. The van der Waals surface area contributed by atoms with Crippen LogP contribution in [0, 0.1) is 23.7 Å². The van der Waals surface area contributed by atoms with Crippen LogP contribution in [0.3, 0.4) is 0 Å². The van der Waals surface area contributed by atoms with Crippen molar-refractivity contribution in [3.8, 4) is 0 Å². The number of carbonyl (C=O) groups is 2. The highest BCUT2D eigenvalue weighted by molar-refractivity contribution is 5.82. The lowest BCUT2D eigenvalue weighted by Gasteiger charge is -2.25. The molecular formula is C10H14O4. The maximum atomic E-state index is 11.4. The van der Waals surface area contributed by atoms with Crippen LogP contribution in [0.25, 0.3) is 0 Å². The quantitative estimate of drug-likeness (QED) is 0.670. The smallest absolute Gasteiger partial charge is 0.309 e. The Kier molecular flexibility index (Phi) is 2.21. The van der Waals surface area contributed by atoms with Crippen molar-refractivity contribution in [2.24, 2.45) is 23.7 Å². The van der Waals surface area contributed by atoms with E-state index in [1.165, 1.54) is 7.11 Å². The molecule has 0 aromatic carbocycles. The molecule has 2 bridgehead atoms. The van der Waals surface area contributed by atoms with Crippen LogP contribution in [-0.2, 0) is 14.3 Å². The van der Waals surface area contributed by atoms with Crippen LogP contribution in [0.1, 0.15) is 19.3 Å². The predicted molar refractivity (Wildman–Crippen MR) is 47.5 cm³/mol. The summed E-state index contributed by atoms with van der Waals surface area (Å²) in [6, 6.07) is 0. The third kappa shape index (κ3) is 1.21. The van der Waals surface area contributed by atoms with Crippen LogP contribution < -0.4 is 0 Å². The SMILES string of the molecule is COC(=O)C1C(C(=O)O)[C@@H]2CC[C@H]1C2. The average molecular weight is 198 g/mol. The molecule has 1 N–H and O–H groups in total. The van der Waals surface area contributed by atoms with Gasteiger partial charge in [0.25, 0.3) is 0 Å². The first-order valence-corrected chi connectivity index (χ1v) is 4.95. The van der Waals surface area contributed by atoms with E-state index in [0.29, 0.717) is 0 Å². The first-order chi connectivity index (χ1) is 6.65. The minimum Gasteiger partial charge on any atom is -0.481 e. The molecule has 4 nitrogen and oxygen atoms in total. The van der Waals surface area contributed by atoms with E-state index in [2.05, 4.69) is 4.74 Å². The molecule has 2 rings (SSSR count). The van der Waals surface area contributed by atoms with Gasteiger partial charge in [0.2, 0.25) is 0 Å². The second-order valence-corrected chi connectivity index (χ2v) is 4.25. The second kappa shape index (κ2) is 3.26. The molecule has 0 aliphatic heterocycles. The van der Waals surface area contributed by atoms with Gasteiger partial charge in [-0.3, -0.25) is 9.59 Å². The van der Waals surface area contributed by atoms with Crippen LogP contribution in [0.2, 0.25) is 0 Å². The molecule has 4 heteroatoms. The summed E-state index contributed by atoms with van der Waals surface area (Å²) in [4.78, 5) is 22.4. The summed E-state index contributed by atoms with van der Waals surface area (Å²) < 4.78 is 4.66. The minimum atomic E-state index is -0.840. The van der Waals surface area contributed by atoms with Gasteiger partial charge in [0.1, 0.15) is 0 Å². The van der Waals surface area contributed by atoms with Gasteiger partial charge < -0.3 is 9.84 Å². The van der Waals surface area contributed by atoms with E-state index in [1.54, 1.807) is 0 Å². The molecule has 2 aliphatic carbocycles. The van der Waals surface area contributed by atoms with Gasteiger partial charge in [-0.1, -0.05) is 0 Å². The average Bonchev–Trinajstić information content (AvgIpc) is 2.74. The van der Waals surface area contributed by atoms with Gasteiger partial charge in [0.15, 0.2) is 0 Å². The molecule has 0 aromatic rings. The lowest BCUT2D eigenvalue weighted by atomic mass is 9.79. The Morgan fingerprint density at radius 3 is 2.29 bits per heavy atom. The van der Waals surface area contributed by atoms with Crippen LogP contribution in [-0.4, -0.2) is 24.2 Å². The summed E-state index contributed by atoms with van der Waals surface area (Å²) in [6.07, 6.45) is 2.82. The largest absolute Gasteiger partial charge is 0.481 e. The molecule has 0 spiro atoms. The zero-order chi connectivity index (χ0) is 10.3. The number of aliphatic carboxylic acids is 1. The summed E-state index contributed by atoms with van der Waals surface area (Å²) in [5, 5.41) is 9.04. The van der Waals surface area contributed by atoms with Gasteiger partial charge in [-0.25, -0.2) is 0 Å². The molecule has 0 amide bonds. The highest BCUT2D eigenvalue weighted by Gasteiger charge is 2.54. The fourth-order valence-electron chi connectivity index (χ4n) is 3.12. The Hall–Kier alpha value is -1.06. The minimum absolute atomic E-state index is 0.196. The fourth-order valence-corrected chi connectivity index (χ4v) is 3.12. The number of ether oxygens (including phenoxy) is 1. The van der Waals surface area contributed by atoms with Crippen molar-refractivity contribution in [3.63, 3.8) is 0 Å². The number of methoxy groups -OCH3 is 1. The van der Waals surface area contributed by atoms with Crippen LogP contribution in [0.15, 0.2) is 0 Å². The monoisotopic (exact) mass is 198 g/mol. The molecule has 4 atom stereocenters. The van der Waals surface area contributed by atoms with E-state index in [1.807, 2.05) is 0 Å². The van der Waals surface area contributed by atoms with E-state index in [4.69, 9.17) is 5.11 Å². The van der Waals surface area contributed by atoms with Gasteiger partial charge in [-0.15, -0.1) is 0 Å². The molecule has 2 saturated carbocycles. The zero-order valence-electron chi connectivity index (χ0n) is 8.10. The highest BCUT2D eigenvalue weighted by Crippen LogP contribution is 2.52. The van der Waals surface area contributed by atoms with Gasteiger partial charge in [-0.2, -0.15) is 0 Å². The van der Waals surface area contributed by atoms with Crippen molar-refractivity contribution in [1.82, 2.24) is 0 Å². The summed E-state index contributed by atoms with van der Waals surface area (Å²) in [5.74, 6) is -1.63. The maximum Gasteiger partial charge on any atom is 0.309 e. The molecule has 2 unspecified atom stereocenters. The lowest BCUT2D eigenvalue weighted by molar-refractivity contribution is -0.158. The summed E-state index contributed by atoms with van der Waals surface area (Å²) in [7, 11) is 1.33. The van der Waals surface area contributed by atoms with Crippen molar-refractivity contribution < 1.29 is 19.4 Å². The number of hydrogen-bond acceptors (Lipinski definition) is 3. The molecule has 0 saturated heterocycles. The summed E-state index contributed by atoms with van der Waals surface area (Å²) in [5.41, 5.74) is 0. The number of hydrogen-bond donors (Lipinski definition) is 1. The van der Waals surface area contributed by atoms with Crippen LogP contribution in [0.5, 0.6) is 0 Å². The zero-order valence-corrected chi connectivity index (χ0v) is 8.10. The third-order valence-corrected chi connectivity index (χ3v) is 3.67. The second-order valence-electron chi connectivity index (χ2n) is 4.25. The Labute approximate surface area is 82.2 Å². The third-order valence-electron chi connectivity index (χ3n) is 3.67. The van der Waals surface area contributed by atoms with E-state index >= 15 is 0 Å². The molecule has 0 heterocycles. The van der Waals surface area contributed by atoms with Gasteiger partial charge in [-0.05, 0) is 31.1 Å². The molecule has 78 valence electrons. The van der Waals surface area contributed by atoms with Crippen molar-refractivity contribution in [2.45, 2.75) is 19.3 Å².